The molecule has 0 atom stereocenters. The summed E-state index contributed by atoms with van der Waals surface area (Å²) in [6.07, 6.45) is 6.88. The van der Waals surface area contributed by atoms with Crippen molar-refractivity contribution in [3.8, 4) is 0 Å². The van der Waals surface area contributed by atoms with Gasteiger partial charge in [0.25, 0.3) is 0 Å². The Morgan fingerprint density at radius 3 is 2.71 bits per heavy atom. The van der Waals surface area contributed by atoms with Crippen LogP contribution in [0, 0.1) is 5.92 Å². The highest BCUT2D eigenvalue weighted by Crippen LogP contribution is 2.27. The maximum atomic E-state index is 6.24. The van der Waals surface area contributed by atoms with Gasteiger partial charge in [-0.25, -0.2) is 9.97 Å². The summed E-state index contributed by atoms with van der Waals surface area (Å²) < 4.78 is 1.74. The van der Waals surface area contributed by atoms with Gasteiger partial charge in [-0.05, 0) is 38.6 Å². The van der Waals surface area contributed by atoms with Crippen molar-refractivity contribution < 1.29 is 0 Å². The van der Waals surface area contributed by atoms with Crippen LogP contribution in [0.3, 0.4) is 0 Å². The second-order valence-electron chi connectivity index (χ2n) is 6.26. The zero-order valence-corrected chi connectivity index (χ0v) is 13.6. The smallest absolute Gasteiger partial charge is 0.162 e. The molecule has 6 heteroatoms. The summed E-state index contributed by atoms with van der Waals surface area (Å²) in [5, 5.41) is 5.50. The van der Waals surface area contributed by atoms with Gasteiger partial charge in [-0.2, -0.15) is 5.10 Å². The van der Waals surface area contributed by atoms with Gasteiger partial charge in [0.15, 0.2) is 5.65 Å². The summed E-state index contributed by atoms with van der Waals surface area (Å²) in [4.78, 5) is 11.4. The van der Waals surface area contributed by atoms with E-state index >= 15 is 0 Å². The molecule has 0 bridgehead atoms. The fourth-order valence-corrected chi connectivity index (χ4v) is 3.37. The third kappa shape index (κ3) is 3.04. The third-order valence-corrected chi connectivity index (χ3v) is 4.88. The van der Waals surface area contributed by atoms with E-state index < -0.39 is 0 Å². The number of rotatable bonds is 3. The predicted octanol–water partition coefficient (Wildman–Crippen LogP) is 3.03. The zero-order valence-electron chi connectivity index (χ0n) is 12.9. The number of aryl methyl sites for hydroxylation is 1. The average molecular weight is 308 g/mol. The van der Waals surface area contributed by atoms with E-state index in [9.17, 15) is 0 Å². The quantitative estimate of drug-likeness (QED) is 0.818. The number of aromatic nitrogens is 4. The third-order valence-electron chi connectivity index (χ3n) is 4.59. The van der Waals surface area contributed by atoms with Crippen molar-refractivity contribution in [3.05, 3.63) is 17.2 Å². The van der Waals surface area contributed by atoms with Crippen molar-refractivity contribution in [2.24, 2.45) is 13.0 Å². The Hall–Kier alpha value is -1.20. The first-order valence-electron chi connectivity index (χ1n) is 7.59. The van der Waals surface area contributed by atoms with Crippen molar-refractivity contribution in [1.82, 2.24) is 24.6 Å². The molecule has 1 aliphatic carbocycles. The molecule has 114 valence electrons. The summed E-state index contributed by atoms with van der Waals surface area (Å²) in [6.45, 7) is 3.08. The summed E-state index contributed by atoms with van der Waals surface area (Å²) in [7, 11) is 4.03. The maximum Gasteiger partial charge on any atom is 0.162 e. The van der Waals surface area contributed by atoms with Gasteiger partial charge in [-0.15, -0.1) is 0 Å². The highest BCUT2D eigenvalue weighted by Gasteiger charge is 2.22. The van der Waals surface area contributed by atoms with Crippen molar-refractivity contribution in [2.75, 3.05) is 7.05 Å². The van der Waals surface area contributed by atoms with Gasteiger partial charge >= 0.3 is 0 Å². The van der Waals surface area contributed by atoms with Gasteiger partial charge in [0.05, 0.1) is 18.1 Å². The lowest BCUT2D eigenvalue weighted by atomic mass is 9.87. The lowest BCUT2D eigenvalue weighted by Crippen LogP contribution is -2.34. The molecule has 0 unspecified atom stereocenters. The first kappa shape index (κ1) is 14.7. The molecule has 2 aromatic rings. The van der Waals surface area contributed by atoms with Crippen LogP contribution in [0.2, 0.25) is 5.15 Å². The van der Waals surface area contributed by atoms with Crippen molar-refractivity contribution in [2.45, 2.75) is 45.2 Å². The molecule has 2 heterocycles. The van der Waals surface area contributed by atoms with E-state index in [4.69, 9.17) is 11.6 Å². The molecule has 2 aromatic heterocycles. The van der Waals surface area contributed by atoms with E-state index in [-0.39, 0.29) is 0 Å². The first-order valence-corrected chi connectivity index (χ1v) is 7.96. The Bertz CT molecular complexity index is 630. The number of hydrogen-bond acceptors (Lipinski definition) is 4. The summed E-state index contributed by atoms with van der Waals surface area (Å²) in [5.41, 5.74) is 0.802. The highest BCUT2D eigenvalue weighted by atomic mass is 35.5. The molecule has 1 fully saturated rings. The predicted molar refractivity (Wildman–Crippen MR) is 84.2 cm³/mol. The lowest BCUT2D eigenvalue weighted by molar-refractivity contribution is 0.161. The summed E-state index contributed by atoms with van der Waals surface area (Å²) in [6, 6.07) is 0.630. The second-order valence-corrected chi connectivity index (χ2v) is 6.62. The van der Waals surface area contributed by atoms with Gasteiger partial charge in [-0.3, -0.25) is 9.58 Å². The average Bonchev–Trinajstić information content (AvgIpc) is 2.82. The molecular formula is C15H22ClN5. The Morgan fingerprint density at radius 1 is 1.29 bits per heavy atom. The molecule has 0 aliphatic heterocycles. The molecule has 1 aliphatic rings. The molecule has 0 amide bonds. The Kier molecular flexibility index (Phi) is 4.13. The number of halogens is 1. The van der Waals surface area contributed by atoms with Gasteiger partial charge in [0.2, 0.25) is 0 Å². The van der Waals surface area contributed by atoms with E-state index in [1.165, 1.54) is 25.7 Å². The maximum absolute atomic E-state index is 6.24. The molecule has 0 radical (unpaired) electrons. The minimum absolute atomic E-state index is 0.494. The SMILES string of the molecule is CC1CCC(N(C)Cc2nc(Cl)c3cnn(C)c3n2)CC1. The molecule has 0 aromatic carbocycles. The second kappa shape index (κ2) is 5.89. The highest BCUT2D eigenvalue weighted by molar-refractivity contribution is 6.33. The molecule has 3 rings (SSSR count). The van der Waals surface area contributed by atoms with Crippen molar-refractivity contribution >= 4 is 22.6 Å². The van der Waals surface area contributed by atoms with Crippen LogP contribution in [0.25, 0.3) is 11.0 Å². The molecule has 5 nitrogen and oxygen atoms in total. The Balaban J connectivity index is 1.76. The van der Waals surface area contributed by atoms with Crippen LogP contribution >= 0.6 is 11.6 Å². The van der Waals surface area contributed by atoms with Crippen LogP contribution in [0.4, 0.5) is 0 Å². The number of hydrogen-bond donors (Lipinski definition) is 0. The largest absolute Gasteiger partial charge is 0.296 e. The van der Waals surface area contributed by atoms with Gasteiger partial charge in [0, 0.05) is 13.1 Å². The van der Waals surface area contributed by atoms with Crippen LogP contribution in [0.1, 0.15) is 38.4 Å². The van der Waals surface area contributed by atoms with E-state index in [0.29, 0.717) is 11.2 Å². The molecule has 0 saturated heterocycles. The lowest BCUT2D eigenvalue weighted by Gasteiger charge is -2.33. The fraction of sp³-hybridized carbons (Fsp3) is 0.667. The van der Waals surface area contributed by atoms with E-state index in [2.05, 4.69) is 33.9 Å². The number of fused-ring (bicyclic) bond motifs is 1. The normalized spacial score (nSPS) is 23.1. The van der Waals surface area contributed by atoms with Crippen molar-refractivity contribution in [1.29, 1.82) is 0 Å². The topological polar surface area (TPSA) is 46.8 Å². The standard InChI is InChI=1S/C15H22ClN5/c1-10-4-6-11(7-5-10)20(2)9-13-18-14(16)12-8-17-21(3)15(12)19-13/h8,10-11H,4-7,9H2,1-3H3. The molecule has 0 N–H and O–H groups in total. The van der Waals surface area contributed by atoms with Gasteiger partial charge < -0.3 is 0 Å². The van der Waals surface area contributed by atoms with Crippen LogP contribution in [0.15, 0.2) is 6.20 Å². The van der Waals surface area contributed by atoms with Crippen LogP contribution in [0.5, 0.6) is 0 Å². The summed E-state index contributed by atoms with van der Waals surface area (Å²) in [5.74, 6) is 1.64. The minimum Gasteiger partial charge on any atom is -0.296 e. The van der Waals surface area contributed by atoms with Crippen LogP contribution in [-0.2, 0) is 13.6 Å². The van der Waals surface area contributed by atoms with E-state index in [0.717, 1.165) is 29.3 Å². The van der Waals surface area contributed by atoms with Crippen molar-refractivity contribution in [3.63, 3.8) is 0 Å². The molecular weight excluding hydrogens is 286 g/mol. The van der Waals surface area contributed by atoms with Gasteiger partial charge in [-0.1, -0.05) is 18.5 Å². The fourth-order valence-electron chi connectivity index (χ4n) is 3.14. The monoisotopic (exact) mass is 307 g/mol. The van der Waals surface area contributed by atoms with E-state index in [1.807, 2.05) is 7.05 Å². The molecule has 0 spiro atoms. The summed E-state index contributed by atoms with van der Waals surface area (Å²) >= 11 is 6.24. The van der Waals surface area contributed by atoms with E-state index in [1.54, 1.807) is 10.9 Å². The minimum atomic E-state index is 0.494. The Labute approximate surface area is 130 Å². The van der Waals surface area contributed by atoms with Gasteiger partial charge in [0.1, 0.15) is 11.0 Å². The molecule has 21 heavy (non-hydrogen) atoms. The Morgan fingerprint density at radius 2 is 2.00 bits per heavy atom. The number of nitrogens with zero attached hydrogens (tertiary/aromatic N) is 5. The first-order chi connectivity index (χ1) is 10.0. The molecule has 1 saturated carbocycles. The van der Waals surface area contributed by atoms with Crippen LogP contribution < -0.4 is 0 Å². The van der Waals surface area contributed by atoms with Crippen LogP contribution in [-0.4, -0.2) is 37.7 Å². The zero-order chi connectivity index (χ0) is 15.0.